The third-order valence-electron chi connectivity index (χ3n) is 4.87. The molecule has 2 unspecified atom stereocenters. The molecule has 1 amide bonds. The van der Waals surface area contributed by atoms with Crippen LogP contribution in [0.3, 0.4) is 0 Å². The third kappa shape index (κ3) is 3.11. The van der Waals surface area contributed by atoms with Crippen molar-refractivity contribution in [2.45, 2.75) is 32.2 Å². The van der Waals surface area contributed by atoms with E-state index in [4.69, 9.17) is 5.73 Å². The van der Waals surface area contributed by atoms with Crippen molar-refractivity contribution in [2.24, 2.45) is 11.7 Å². The van der Waals surface area contributed by atoms with E-state index in [-0.39, 0.29) is 11.9 Å². The number of carbonyl (C=O) groups is 1. The fraction of sp³-hybridized carbons (Fsp3) is 0.588. The Labute approximate surface area is 126 Å². The van der Waals surface area contributed by atoms with Crippen LogP contribution in [-0.4, -0.2) is 43.0 Å². The van der Waals surface area contributed by atoms with E-state index < -0.39 is 0 Å². The van der Waals surface area contributed by atoms with Crippen LogP contribution in [0.2, 0.25) is 0 Å². The van der Waals surface area contributed by atoms with Crippen molar-refractivity contribution in [3.05, 3.63) is 29.8 Å². The van der Waals surface area contributed by atoms with Gasteiger partial charge in [-0.05, 0) is 43.4 Å². The Morgan fingerprint density at radius 1 is 1.33 bits per heavy atom. The third-order valence-corrected chi connectivity index (χ3v) is 4.87. The predicted octanol–water partition coefficient (Wildman–Crippen LogP) is 1.63. The molecule has 1 fully saturated rings. The number of hydrogen-bond donors (Lipinski definition) is 1. The number of nitrogens with zero attached hydrogens (tertiary/aromatic N) is 2. The van der Waals surface area contributed by atoms with Crippen molar-refractivity contribution < 1.29 is 4.79 Å². The quantitative estimate of drug-likeness (QED) is 0.899. The van der Waals surface area contributed by atoms with Crippen molar-refractivity contribution in [1.82, 2.24) is 4.90 Å². The number of nitrogens with two attached hydrogens (primary N) is 1. The van der Waals surface area contributed by atoms with Gasteiger partial charge in [-0.2, -0.15) is 0 Å². The summed E-state index contributed by atoms with van der Waals surface area (Å²) in [7, 11) is 0. The van der Waals surface area contributed by atoms with Crippen LogP contribution in [0.1, 0.15) is 25.3 Å². The van der Waals surface area contributed by atoms with Gasteiger partial charge < -0.3 is 10.6 Å². The van der Waals surface area contributed by atoms with E-state index in [0.717, 1.165) is 44.6 Å². The monoisotopic (exact) mass is 287 g/mol. The van der Waals surface area contributed by atoms with Crippen molar-refractivity contribution in [3.8, 4) is 0 Å². The Morgan fingerprint density at radius 3 is 2.95 bits per heavy atom. The first-order valence-corrected chi connectivity index (χ1v) is 8.01. The number of benzene rings is 1. The molecular formula is C17H25N3O. The standard InChI is InChI=1S/C17H25N3O/c1-13-8-10-19(11-15(13)18)12-17(21)20-9-4-6-14-5-2-3-7-16(14)20/h2-3,5,7,13,15H,4,6,8-12,18H2,1H3. The average molecular weight is 287 g/mol. The number of aryl methyl sites for hydroxylation is 1. The largest absolute Gasteiger partial charge is 0.326 e. The highest BCUT2D eigenvalue weighted by molar-refractivity contribution is 5.95. The molecule has 1 aromatic rings. The number of fused-ring (bicyclic) bond motifs is 1. The second-order valence-corrected chi connectivity index (χ2v) is 6.44. The molecule has 0 spiro atoms. The molecule has 0 aromatic heterocycles. The van der Waals surface area contributed by atoms with E-state index in [9.17, 15) is 4.79 Å². The molecule has 2 aliphatic rings. The Kier molecular flexibility index (Phi) is 4.27. The van der Waals surface area contributed by atoms with Gasteiger partial charge in [0.15, 0.2) is 0 Å². The Balaban J connectivity index is 1.67. The van der Waals surface area contributed by atoms with Gasteiger partial charge >= 0.3 is 0 Å². The fourth-order valence-corrected chi connectivity index (χ4v) is 3.38. The van der Waals surface area contributed by atoms with E-state index in [1.54, 1.807) is 0 Å². The molecule has 2 N–H and O–H groups in total. The van der Waals surface area contributed by atoms with Crippen LogP contribution >= 0.6 is 0 Å². The summed E-state index contributed by atoms with van der Waals surface area (Å²) in [5, 5.41) is 0. The molecule has 21 heavy (non-hydrogen) atoms. The Bertz CT molecular complexity index is 517. The molecule has 4 heteroatoms. The van der Waals surface area contributed by atoms with Crippen molar-refractivity contribution in [1.29, 1.82) is 0 Å². The zero-order valence-electron chi connectivity index (χ0n) is 12.8. The van der Waals surface area contributed by atoms with Crippen LogP contribution in [0.4, 0.5) is 5.69 Å². The summed E-state index contributed by atoms with van der Waals surface area (Å²) in [6, 6.07) is 8.46. The SMILES string of the molecule is CC1CCN(CC(=O)N2CCCc3ccccc32)CC1N. The van der Waals surface area contributed by atoms with Gasteiger partial charge in [-0.15, -0.1) is 0 Å². The lowest BCUT2D eigenvalue weighted by molar-refractivity contribution is -0.120. The molecule has 4 nitrogen and oxygen atoms in total. The maximum atomic E-state index is 12.7. The Hall–Kier alpha value is -1.39. The molecule has 0 radical (unpaired) electrons. The molecule has 2 aliphatic heterocycles. The van der Waals surface area contributed by atoms with Gasteiger partial charge in [0.1, 0.15) is 0 Å². The van der Waals surface area contributed by atoms with E-state index in [0.29, 0.717) is 12.5 Å². The average Bonchev–Trinajstić information content (AvgIpc) is 2.50. The lowest BCUT2D eigenvalue weighted by Crippen LogP contribution is -2.51. The topological polar surface area (TPSA) is 49.6 Å². The minimum Gasteiger partial charge on any atom is -0.326 e. The minimum atomic E-state index is 0.195. The van der Waals surface area contributed by atoms with E-state index in [1.165, 1.54) is 5.56 Å². The molecule has 2 atom stereocenters. The molecule has 3 rings (SSSR count). The number of amides is 1. The number of para-hydroxylation sites is 1. The van der Waals surface area contributed by atoms with Crippen LogP contribution in [0.25, 0.3) is 0 Å². The van der Waals surface area contributed by atoms with Gasteiger partial charge in [-0.1, -0.05) is 25.1 Å². The number of anilines is 1. The summed E-state index contributed by atoms with van der Waals surface area (Å²) in [5.74, 6) is 0.774. The van der Waals surface area contributed by atoms with Crippen LogP contribution in [0.5, 0.6) is 0 Å². The number of carbonyl (C=O) groups excluding carboxylic acids is 1. The minimum absolute atomic E-state index is 0.195. The first-order chi connectivity index (χ1) is 10.1. The van der Waals surface area contributed by atoms with Crippen molar-refractivity contribution >= 4 is 11.6 Å². The highest BCUT2D eigenvalue weighted by atomic mass is 16.2. The smallest absolute Gasteiger partial charge is 0.241 e. The van der Waals surface area contributed by atoms with Crippen LogP contribution in [-0.2, 0) is 11.2 Å². The lowest BCUT2D eigenvalue weighted by Gasteiger charge is -2.36. The van der Waals surface area contributed by atoms with Crippen LogP contribution in [0.15, 0.2) is 24.3 Å². The van der Waals surface area contributed by atoms with Crippen LogP contribution < -0.4 is 10.6 Å². The number of likely N-dealkylation sites (tertiary alicyclic amines) is 1. The molecule has 0 aliphatic carbocycles. The number of hydrogen-bond acceptors (Lipinski definition) is 3. The first kappa shape index (κ1) is 14.5. The second-order valence-electron chi connectivity index (χ2n) is 6.44. The zero-order valence-corrected chi connectivity index (χ0v) is 12.8. The van der Waals surface area contributed by atoms with Gasteiger partial charge in [0.05, 0.1) is 6.54 Å². The molecule has 0 saturated carbocycles. The van der Waals surface area contributed by atoms with E-state index >= 15 is 0 Å². The van der Waals surface area contributed by atoms with E-state index in [2.05, 4.69) is 30.0 Å². The molecule has 0 bridgehead atoms. The van der Waals surface area contributed by atoms with Gasteiger partial charge in [0.2, 0.25) is 5.91 Å². The highest BCUT2D eigenvalue weighted by Gasteiger charge is 2.27. The predicted molar refractivity (Wildman–Crippen MR) is 85.3 cm³/mol. The number of rotatable bonds is 2. The summed E-state index contributed by atoms with van der Waals surface area (Å²) in [6.45, 7) is 5.35. The number of piperidine rings is 1. The molecule has 1 saturated heterocycles. The zero-order chi connectivity index (χ0) is 14.8. The molecule has 1 aromatic carbocycles. The molecule has 114 valence electrons. The molecular weight excluding hydrogens is 262 g/mol. The Morgan fingerprint density at radius 2 is 2.14 bits per heavy atom. The lowest BCUT2D eigenvalue weighted by atomic mass is 9.94. The highest BCUT2D eigenvalue weighted by Crippen LogP contribution is 2.27. The second kappa shape index (κ2) is 6.16. The summed E-state index contributed by atoms with van der Waals surface area (Å²) in [4.78, 5) is 16.8. The maximum Gasteiger partial charge on any atom is 0.241 e. The summed E-state index contributed by atoms with van der Waals surface area (Å²) in [5.41, 5.74) is 8.53. The fourth-order valence-electron chi connectivity index (χ4n) is 3.38. The molecule has 2 heterocycles. The summed E-state index contributed by atoms with van der Waals surface area (Å²) in [6.07, 6.45) is 3.22. The van der Waals surface area contributed by atoms with Gasteiger partial charge in [0.25, 0.3) is 0 Å². The van der Waals surface area contributed by atoms with Gasteiger partial charge in [-0.3, -0.25) is 9.69 Å². The first-order valence-electron chi connectivity index (χ1n) is 8.01. The maximum absolute atomic E-state index is 12.7. The van der Waals surface area contributed by atoms with Crippen molar-refractivity contribution in [3.63, 3.8) is 0 Å². The summed E-state index contributed by atoms with van der Waals surface area (Å²) < 4.78 is 0. The van der Waals surface area contributed by atoms with Gasteiger partial charge in [0, 0.05) is 24.8 Å². The normalized spacial score (nSPS) is 26.5. The van der Waals surface area contributed by atoms with Gasteiger partial charge in [-0.25, -0.2) is 0 Å². The van der Waals surface area contributed by atoms with Crippen LogP contribution in [0, 0.1) is 5.92 Å². The summed E-state index contributed by atoms with van der Waals surface area (Å²) >= 11 is 0. The van der Waals surface area contributed by atoms with E-state index in [1.807, 2.05) is 11.0 Å². The van der Waals surface area contributed by atoms with Crippen molar-refractivity contribution in [2.75, 3.05) is 31.1 Å².